The van der Waals surface area contributed by atoms with Gasteiger partial charge in [0.15, 0.2) is 0 Å². The number of rotatable bonds is 23. The largest absolute Gasteiger partial charge is 0.470 e. The highest BCUT2D eigenvalue weighted by Gasteiger charge is 2.54. The SMILES string of the molecule is O=P(O)(O)OCC(OP(=O)(O)O)C(OP(=O)(O)O)C(OP(=O)(O)O)C(OP(=O)(O)O)C(OP(=O)(O)O)C(COP(=O)(O)O)OP(=O)(O)O. The maximum Gasteiger partial charge on any atom is 0.470 e. The first kappa shape index (κ1) is 48.9. The van der Waals surface area contributed by atoms with Crippen molar-refractivity contribution in [3.8, 4) is 0 Å². The molecule has 16 N–H and O–H groups in total. The van der Waals surface area contributed by atoms with E-state index in [1.807, 2.05) is 0 Å². The summed E-state index contributed by atoms with van der Waals surface area (Å²) in [7, 11) is -50.1. The first-order valence-corrected chi connectivity index (χ1v) is 22.8. The van der Waals surface area contributed by atoms with Crippen molar-refractivity contribution in [2.45, 2.75) is 36.6 Å². The second-order valence-corrected chi connectivity index (χ2v) is 17.7. The van der Waals surface area contributed by atoms with Crippen LogP contribution in [0.3, 0.4) is 0 Å². The van der Waals surface area contributed by atoms with Crippen LogP contribution in [0, 0.1) is 0 Å². The monoisotopic (exact) mass is 882 g/mol. The topological polar surface area (TPSA) is 534 Å². The van der Waals surface area contributed by atoms with Crippen molar-refractivity contribution in [3.05, 3.63) is 0 Å². The molecule has 0 aromatic carbocycles. The molecule has 290 valence electrons. The molecule has 0 aliphatic heterocycles. The fraction of sp³-hybridized carbons (Fsp3) is 1.00. The van der Waals surface area contributed by atoms with Gasteiger partial charge in [-0.05, 0) is 0 Å². The molecule has 0 amide bonds. The van der Waals surface area contributed by atoms with Crippen molar-refractivity contribution in [1.82, 2.24) is 0 Å². The molecule has 32 nitrogen and oxygen atoms in total. The summed E-state index contributed by atoms with van der Waals surface area (Å²) < 4.78 is 125. The Kier molecular flexibility index (Phi) is 18.1. The zero-order valence-electron chi connectivity index (χ0n) is 22.1. The van der Waals surface area contributed by atoms with Crippen molar-refractivity contribution < 1.29 is 151 Å². The van der Waals surface area contributed by atoms with Crippen LogP contribution in [0.4, 0.5) is 0 Å². The summed E-state index contributed by atoms with van der Waals surface area (Å²) in [6.45, 7) is -4.28. The van der Waals surface area contributed by atoms with E-state index in [2.05, 4.69) is 36.2 Å². The molecule has 0 spiro atoms. The standard InChI is InChI=1S/C8H26O32P8/c9-41(10,11)33-1-3(35-43(15,16)17)5(37-45(21,22)23)7(39-47(27,28)29)8(40-48(30,31)32)6(38-46(24,25)26)4(36-44(18,19)20)2-34-42(12,13)14/h3-8H,1-2H2,(H2,9,10,11)(H2,12,13,14)(H2,15,16,17)(H2,18,19,20)(H2,21,22,23)(H2,24,25,26)(H2,27,28,29)(H2,30,31,32). The minimum atomic E-state index is -6.52. The molecule has 0 aromatic heterocycles. The van der Waals surface area contributed by atoms with Crippen molar-refractivity contribution in [1.29, 1.82) is 0 Å². The van der Waals surface area contributed by atoms with Gasteiger partial charge in [-0.1, -0.05) is 0 Å². The van der Waals surface area contributed by atoms with E-state index in [9.17, 15) is 95.2 Å². The Morgan fingerprint density at radius 2 is 0.479 bits per heavy atom. The Morgan fingerprint density at radius 1 is 0.292 bits per heavy atom. The van der Waals surface area contributed by atoms with Gasteiger partial charge in [0.25, 0.3) is 0 Å². The normalized spacial score (nSPS) is 18.6. The lowest BCUT2D eigenvalue weighted by Gasteiger charge is -2.40. The molecule has 0 saturated heterocycles. The first-order chi connectivity index (χ1) is 20.8. The number of phosphoric ester groups is 8. The van der Waals surface area contributed by atoms with Gasteiger partial charge in [0.2, 0.25) is 0 Å². The highest BCUT2D eigenvalue weighted by Crippen LogP contribution is 2.53. The third-order valence-electron chi connectivity index (χ3n) is 4.10. The summed E-state index contributed by atoms with van der Waals surface area (Å²) in [5.41, 5.74) is 0. The quantitative estimate of drug-likeness (QED) is 0.0436. The molecule has 40 heteroatoms. The predicted octanol–water partition coefficient (Wildman–Crippen LogP) is -3.93. The average Bonchev–Trinajstić information content (AvgIpc) is 2.73. The second kappa shape index (κ2) is 17.8. The fourth-order valence-corrected chi connectivity index (χ4v) is 7.00. The van der Waals surface area contributed by atoms with E-state index in [0.29, 0.717) is 0 Å². The van der Waals surface area contributed by atoms with Crippen LogP contribution >= 0.6 is 62.6 Å². The van der Waals surface area contributed by atoms with E-state index in [-0.39, 0.29) is 0 Å². The van der Waals surface area contributed by atoms with E-state index < -0.39 is 112 Å². The predicted molar refractivity (Wildman–Crippen MR) is 137 cm³/mol. The molecule has 0 radical (unpaired) electrons. The summed E-state index contributed by atoms with van der Waals surface area (Å²) in [4.78, 5) is 148. The van der Waals surface area contributed by atoms with Crippen molar-refractivity contribution in [3.63, 3.8) is 0 Å². The molecule has 6 atom stereocenters. The number of hydrogen-bond donors (Lipinski definition) is 16. The van der Waals surface area contributed by atoms with Crippen LogP contribution in [0.2, 0.25) is 0 Å². The Hall–Kier alpha value is 0.880. The smallest absolute Gasteiger partial charge is 0.303 e. The van der Waals surface area contributed by atoms with Gasteiger partial charge >= 0.3 is 62.6 Å². The van der Waals surface area contributed by atoms with Gasteiger partial charge in [-0.2, -0.15) is 0 Å². The lowest BCUT2D eigenvalue weighted by atomic mass is 9.97. The fourth-order valence-electron chi connectivity index (χ4n) is 2.99. The number of hydrogen-bond acceptors (Lipinski definition) is 16. The zero-order valence-corrected chi connectivity index (χ0v) is 29.3. The van der Waals surface area contributed by atoms with Gasteiger partial charge in [-0.15, -0.1) is 0 Å². The Balaban J connectivity index is 8.17. The van der Waals surface area contributed by atoms with E-state index in [1.54, 1.807) is 0 Å². The Labute approximate surface area is 263 Å². The summed E-state index contributed by atoms with van der Waals surface area (Å²) >= 11 is 0. The minimum Gasteiger partial charge on any atom is -0.303 e. The van der Waals surface area contributed by atoms with Gasteiger partial charge in [0.1, 0.15) is 36.6 Å². The van der Waals surface area contributed by atoms with Crippen LogP contribution in [-0.4, -0.2) is 128 Å². The van der Waals surface area contributed by atoms with E-state index >= 15 is 0 Å². The molecule has 0 aliphatic rings. The van der Waals surface area contributed by atoms with Crippen LogP contribution in [-0.2, 0) is 72.7 Å². The molecule has 0 saturated carbocycles. The van der Waals surface area contributed by atoms with E-state index in [1.165, 1.54) is 0 Å². The molecule has 6 unspecified atom stereocenters. The van der Waals surface area contributed by atoms with Gasteiger partial charge in [-0.25, -0.2) is 36.5 Å². The molecule has 0 fully saturated rings. The van der Waals surface area contributed by atoms with Crippen LogP contribution in [0.5, 0.6) is 0 Å². The summed E-state index contributed by atoms with van der Waals surface area (Å²) in [5.74, 6) is 0. The first-order valence-electron chi connectivity index (χ1n) is 10.6. The number of phosphoric acid groups is 8. The summed E-state index contributed by atoms with van der Waals surface area (Å²) in [6, 6.07) is 0. The Morgan fingerprint density at radius 3 is 0.646 bits per heavy atom. The molecular weight excluding hydrogens is 856 g/mol. The molecule has 0 rings (SSSR count). The van der Waals surface area contributed by atoms with Crippen LogP contribution in [0.15, 0.2) is 0 Å². The van der Waals surface area contributed by atoms with E-state index in [4.69, 9.17) is 19.6 Å². The van der Waals surface area contributed by atoms with Crippen LogP contribution in [0.25, 0.3) is 0 Å². The van der Waals surface area contributed by atoms with Crippen molar-refractivity contribution in [2.75, 3.05) is 13.2 Å². The third kappa shape index (κ3) is 25.0. The van der Waals surface area contributed by atoms with Gasteiger partial charge in [0, 0.05) is 0 Å². The maximum absolute atomic E-state index is 11.9. The lowest BCUT2D eigenvalue weighted by molar-refractivity contribution is -0.144. The second-order valence-electron chi connectivity index (χ2n) is 8.08. The van der Waals surface area contributed by atoms with E-state index in [0.717, 1.165) is 0 Å². The van der Waals surface area contributed by atoms with Gasteiger partial charge < -0.3 is 78.3 Å². The third-order valence-corrected chi connectivity index (χ3v) is 8.23. The van der Waals surface area contributed by atoms with Gasteiger partial charge in [0.05, 0.1) is 13.2 Å². The molecule has 0 aromatic rings. The van der Waals surface area contributed by atoms with Crippen LogP contribution in [0.1, 0.15) is 0 Å². The molecule has 0 aliphatic carbocycles. The van der Waals surface area contributed by atoms with Crippen molar-refractivity contribution >= 4 is 62.6 Å². The average molecular weight is 882 g/mol. The summed E-state index contributed by atoms with van der Waals surface area (Å²) in [5, 5.41) is 0. The highest BCUT2D eigenvalue weighted by atomic mass is 31.2. The Bertz CT molecular complexity index is 1320. The van der Waals surface area contributed by atoms with Crippen LogP contribution < -0.4 is 0 Å². The molecule has 0 bridgehead atoms. The zero-order chi connectivity index (χ0) is 38.5. The molecular formula is C8H26O32P8. The van der Waals surface area contributed by atoms with Crippen molar-refractivity contribution in [2.24, 2.45) is 0 Å². The van der Waals surface area contributed by atoms with Gasteiger partial charge in [-0.3, -0.25) is 36.2 Å². The molecule has 0 heterocycles. The molecule has 48 heavy (non-hydrogen) atoms. The lowest BCUT2D eigenvalue weighted by Crippen LogP contribution is -2.57. The highest BCUT2D eigenvalue weighted by molar-refractivity contribution is 7.48. The summed E-state index contributed by atoms with van der Waals surface area (Å²) in [6.07, 6.45) is -21.7. The minimum absolute atomic E-state index is 2.14. The maximum atomic E-state index is 11.9.